The molecular formula is C13H12BrN3OS. The molecule has 0 radical (unpaired) electrons. The van der Waals surface area contributed by atoms with Crippen molar-refractivity contribution in [2.75, 3.05) is 5.32 Å². The molecule has 3 rings (SSSR count). The van der Waals surface area contributed by atoms with Gasteiger partial charge in [0, 0.05) is 18.7 Å². The summed E-state index contributed by atoms with van der Waals surface area (Å²) in [6.45, 7) is 0.449. The van der Waals surface area contributed by atoms with E-state index in [0.717, 1.165) is 32.2 Å². The minimum absolute atomic E-state index is 0.0876. The van der Waals surface area contributed by atoms with Crippen molar-refractivity contribution < 1.29 is 4.79 Å². The Bertz CT molecular complexity index is 653. The fourth-order valence-electron chi connectivity index (χ4n) is 2.13. The predicted octanol–water partition coefficient (Wildman–Crippen LogP) is 2.92. The quantitative estimate of drug-likeness (QED) is 0.885. The molecule has 1 aromatic carbocycles. The van der Waals surface area contributed by atoms with Gasteiger partial charge in [0.25, 0.3) is 0 Å². The number of amides is 1. The first-order valence-corrected chi connectivity index (χ1v) is 7.57. The summed E-state index contributed by atoms with van der Waals surface area (Å²) in [6, 6.07) is 6.08. The number of carbonyl (C=O) groups excluding carboxylic acids is 1. The average Bonchev–Trinajstić information content (AvgIpc) is 2.79. The van der Waals surface area contributed by atoms with Gasteiger partial charge in [-0.2, -0.15) is 0 Å². The number of aromatic nitrogens is 1. The lowest BCUT2D eigenvalue weighted by molar-refractivity contribution is -0.116. The summed E-state index contributed by atoms with van der Waals surface area (Å²) in [5.41, 5.74) is 8.82. The first kappa shape index (κ1) is 12.8. The largest absolute Gasteiger partial charge is 0.326 e. The van der Waals surface area contributed by atoms with Crippen LogP contribution in [0.3, 0.4) is 0 Å². The Labute approximate surface area is 123 Å². The van der Waals surface area contributed by atoms with Crippen LogP contribution in [0.1, 0.15) is 17.0 Å². The molecular weight excluding hydrogens is 326 g/mol. The fraction of sp³-hybridized carbons (Fsp3) is 0.231. The number of nitrogens with one attached hydrogen (secondary N) is 1. The number of rotatable bonds is 2. The van der Waals surface area contributed by atoms with E-state index in [1.807, 2.05) is 12.1 Å². The summed E-state index contributed by atoms with van der Waals surface area (Å²) in [4.78, 5) is 16.8. The number of thiazole rings is 1. The van der Waals surface area contributed by atoms with Gasteiger partial charge in [0.05, 0.1) is 4.88 Å². The third-order valence-corrected chi connectivity index (χ3v) is 5.03. The normalized spacial score (nSPS) is 14.1. The molecule has 0 saturated heterocycles. The number of hydrogen-bond donors (Lipinski definition) is 2. The monoisotopic (exact) mass is 337 g/mol. The molecule has 0 unspecified atom stereocenters. The van der Waals surface area contributed by atoms with E-state index in [2.05, 4.69) is 32.3 Å². The number of benzene rings is 1. The number of halogens is 1. The van der Waals surface area contributed by atoms with Crippen LogP contribution in [0.5, 0.6) is 0 Å². The summed E-state index contributed by atoms with van der Waals surface area (Å²) >= 11 is 5.07. The van der Waals surface area contributed by atoms with E-state index < -0.39 is 0 Å². The van der Waals surface area contributed by atoms with Crippen molar-refractivity contribution in [3.05, 3.63) is 33.4 Å². The molecule has 98 valence electrons. The molecule has 1 aromatic heterocycles. The summed E-state index contributed by atoms with van der Waals surface area (Å²) in [5.74, 6) is 0.0876. The molecule has 3 N–H and O–H groups in total. The summed E-state index contributed by atoms with van der Waals surface area (Å²) in [5, 5.41) is 3.80. The second-order valence-electron chi connectivity index (χ2n) is 4.35. The second kappa shape index (κ2) is 5.03. The number of carbonyl (C=O) groups is 1. The van der Waals surface area contributed by atoms with E-state index in [1.54, 1.807) is 11.3 Å². The van der Waals surface area contributed by atoms with Crippen molar-refractivity contribution in [1.82, 2.24) is 4.98 Å². The number of fused-ring (bicyclic) bond motifs is 1. The smallest absolute Gasteiger partial charge is 0.224 e. The van der Waals surface area contributed by atoms with Gasteiger partial charge in [-0.25, -0.2) is 4.98 Å². The highest BCUT2D eigenvalue weighted by Crippen LogP contribution is 2.36. The van der Waals surface area contributed by atoms with Crippen molar-refractivity contribution in [3.8, 4) is 10.4 Å². The zero-order valence-electron chi connectivity index (χ0n) is 10.1. The van der Waals surface area contributed by atoms with Crippen molar-refractivity contribution in [2.24, 2.45) is 5.73 Å². The molecule has 4 nitrogen and oxygen atoms in total. The van der Waals surface area contributed by atoms with Crippen LogP contribution < -0.4 is 11.1 Å². The standard InChI is InChI=1S/C13H12BrN3OS/c14-13-12(19-11(6-15)17-13)8-1-3-9-7(5-8)2-4-10(18)16-9/h1,3,5H,2,4,6,15H2,(H,16,18). The third-order valence-electron chi connectivity index (χ3n) is 3.07. The van der Waals surface area contributed by atoms with Gasteiger partial charge < -0.3 is 11.1 Å². The maximum absolute atomic E-state index is 11.3. The number of anilines is 1. The molecule has 1 aliphatic heterocycles. The van der Waals surface area contributed by atoms with Gasteiger partial charge in [-0.1, -0.05) is 6.07 Å². The fourth-order valence-corrected chi connectivity index (χ4v) is 3.77. The van der Waals surface area contributed by atoms with Gasteiger partial charge in [0.2, 0.25) is 5.91 Å². The minimum atomic E-state index is 0.0876. The molecule has 1 amide bonds. The van der Waals surface area contributed by atoms with Gasteiger partial charge in [-0.05, 0) is 45.6 Å². The molecule has 2 aromatic rings. The third kappa shape index (κ3) is 2.43. The Morgan fingerprint density at radius 1 is 1.42 bits per heavy atom. The second-order valence-corrected chi connectivity index (χ2v) is 6.19. The maximum Gasteiger partial charge on any atom is 0.224 e. The Morgan fingerprint density at radius 2 is 2.26 bits per heavy atom. The van der Waals surface area contributed by atoms with E-state index in [4.69, 9.17) is 5.73 Å². The Hall–Kier alpha value is -1.24. The van der Waals surface area contributed by atoms with E-state index in [-0.39, 0.29) is 5.91 Å². The van der Waals surface area contributed by atoms with Gasteiger partial charge in [-0.3, -0.25) is 4.79 Å². The van der Waals surface area contributed by atoms with Gasteiger partial charge in [0.1, 0.15) is 9.61 Å². The first-order valence-electron chi connectivity index (χ1n) is 5.96. The maximum atomic E-state index is 11.3. The number of nitrogens with zero attached hydrogens (tertiary/aromatic N) is 1. The lowest BCUT2D eigenvalue weighted by Crippen LogP contribution is -2.18. The van der Waals surface area contributed by atoms with Crippen molar-refractivity contribution in [1.29, 1.82) is 0 Å². The summed E-state index contributed by atoms with van der Waals surface area (Å²) < 4.78 is 0.831. The van der Waals surface area contributed by atoms with Crippen molar-refractivity contribution in [2.45, 2.75) is 19.4 Å². The Morgan fingerprint density at radius 3 is 3.00 bits per heavy atom. The average molecular weight is 338 g/mol. The lowest BCUT2D eigenvalue weighted by atomic mass is 10.00. The van der Waals surface area contributed by atoms with Crippen LogP contribution in [0.25, 0.3) is 10.4 Å². The highest BCUT2D eigenvalue weighted by Gasteiger charge is 2.17. The highest BCUT2D eigenvalue weighted by molar-refractivity contribution is 9.10. The molecule has 2 heterocycles. The first-order chi connectivity index (χ1) is 9.17. The van der Waals surface area contributed by atoms with E-state index >= 15 is 0 Å². The van der Waals surface area contributed by atoms with Crippen LogP contribution in [0.2, 0.25) is 0 Å². The lowest BCUT2D eigenvalue weighted by Gasteiger charge is -2.17. The highest BCUT2D eigenvalue weighted by atomic mass is 79.9. The molecule has 0 bridgehead atoms. The van der Waals surface area contributed by atoms with Crippen LogP contribution in [-0.2, 0) is 17.8 Å². The van der Waals surface area contributed by atoms with Crippen LogP contribution >= 0.6 is 27.3 Å². The number of aryl methyl sites for hydroxylation is 1. The minimum Gasteiger partial charge on any atom is -0.326 e. The van der Waals surface area contributed by atoms with Crippen molar-refractivity contribution >= 4 is 38.9 Å². The van der Waals surface area contributed by atoms with Crippen LogP contribution in [0, 0.1) is 0 Å². The zero-order chi connectivity index (χ0) is 13.4. The summed E-state index contributed by atoms with van der Waals surface area (Å²) in [7, 11) is 0. The molecule has 0 aliphatic carbocycles. The van der Waals surface area contributed by atoms with Crippen molar-refractivity contribution in [3.63, 3.8) is 0 Å². The van der Waals surface area contributed by atoms with E-state index in [9.17, 15) is 4.79 Å². The van der Waals surface area contributed by atoms with Crippen LogP contribution in [-0.4, -0.2) is 10.9 Å². The molecule has 0 fully saturated rings. The van der Waals surface area contributed by atoms with E-state index in [0.29, 0.717) is 13.0 Å². The van der Waals surface area contributed by atoms with E-state index in [1.165, 1.54) is 5.56 Å². The van der Waals surface area contributed by atoms with Gasteiger partial charge in [-0.15, -0.1) is 11.3 Å². The van der Waals surface area contributed by atoms with Crippen LogP contribution in [0.15, 0.2) is 22.8 Å². The number of nitrogens with two attached hydrogens (primary N) is 1. The van der Waals surface area contributed by atoms with Gasteiger partial charge in [0.15, 0.2) is 0 Å². The topological polar surface area (TPSA) is 68.0 Å². The molecule has 0 atom stereocenters. The Balaban J connectivity index is 2.02. The van der Waals surface area contributed by atoms with Crippen LogP contribution in [0.4, 0.5) is 5.69 Å². The molecule has 19 heavy (non-hydrogen) atoms. The Kier molecular flexibility index (Phi) is 3.38. The zero-order valence-corrected chi connectivity index (χ0v) is 12.5. The molecule has 6 heteroatoms. The van der Waals surface area contributed by atoms with Gasteiger partial charge >= 0.3 is 0 Å². The molecule has 1 aliphatic rings. The number of hydrogen-bond acceptors (Lipinski definition) is 4. The molecule has 0 spiro atoms. The predicted molar refractivity (Wildman–Crippen MR) is 80.1 cm³/mol. The molecule has 0 saturated carbocycles. The SMILES string of the molecule is NCc1nc(Br)c(-c2ccc3c(c2)CCC(=O)N3)s1. The summed E-state index contributed by atoms with van der Waals surface area (Å²) in [6.07, 6.45) is 1.34.